The maximum absolute atomic E-state index is 11.9. The molecule has 0 saturated heterocycles. The van der Waals surface area contributed by atoms with Gasteiger partial charge in [-0.05, 0) is 17.4 Å². The second-order valence-electron chi connectivity index (χ2n) is 5.03. The number of esters is 1. The smallest absolute Gasteiger partial charge is 0.333 e. The van der Waals surface area contributed by atoms with Crippen molar-refractivity contribution >= 4 is 29.1 Å². The van der Waals surface area contributed by atoms with Crippen molar-refractivity contribution in [1.82, 2.24) is 10.6 Å². The van der Waals surface area contributed by atoms with Crippen LogP contribution in [0.2, 0.25) is 0 Å². The number of methoxy groups -OCH3 is 1. The average Bonchev–Trinajstić information content (AvgIpc) is 3.02. The van der Waals surface area contributed by atoms with Crippen LogP contribution in [0.4, 0.5) is 0 Å². The van der Waals surface area contributed by atoms with E-state index in [0.29, 0.717) is 4.88 Å². The molecule has 1 aromatic rings. The van der Waals surface area contributed by atoms with Gasteiger partial charge in [-0.3, -0.25) is 9.59 Å². The molecule has 0 bridgehead atoms. The summed E-state index contributed by atoms with van der Waals surface area (Å²) in [6.07, 6.45) is 0. The van der Waals surface area contributed by atoms with E-state index in [9.17, 15) is 14.4 Å². The molecule has 0 radical (unpaired) electrons. The number of nitrogens with one attached hydrogen (secondary N) is 2. The van der Waals surface area contributed by atoms with Gasteiger partial charge in [-0.15, -0.1) is 11.3 Å². The van der Waals surface area contributed by atoms with Crippen LogP contribution in [0.5, 0.6) is 0 Å². The van der Waals surface area contributed by atoms with Crippen LogP contribution in [0.25, 0.3) is 0 Å². The first kappa shape index (κ1) is 18.1. The number of hydrogen-bond donors (Lipinski definition) is 3. The number of ether oxygens (including phenoxy) is 1. The molecule has 7 nitrogen and oxygen atoms in total. The summed E-state index contributed by atoms with van der Waals surface area (Å²) in [6, 6.07) is 1.93. The number of nitrogens with two attached hydrogens (primary N) is 1. The Morgan fingerprint density at radius 1 is 1.36 bits per heavy atom. The normalized spacial score (nSPS) is 13.3. The minimum Gasteiger partial charge on any atom is -0.467 e. The van der Waals surface area contributed by atoms with E-state index in [0.717, 1.165) is 0 Å². The average molecular weight is 327 g/mol. The standard InChI is InChI=1S/C14H21N3O4S/c1-8(2)11(15)13(19)16-7-10(18)17-12(14(20)21-3)9-5-4-6-22-9/h4-6,8,11-12H,7,15H2,1-3H3,(H,16,19)(H,17,18)/t11-,12?/m0/s1. The van der Waals surface area contributed by atoms with Crippen molar-refractivity contribution in [3.63, 3.8) is 0 Å². The topological polar surface area (TPSA) is 111 Å². The molecule has 0 aliphatic heterocycles. The van der Waals surface area contributed by atoms with Gasteiger partial charge in [0.05, 0.1) is 19.7 Å². The predicted octanol–water partition coefficient (Wildman–Crippen LogP) is 0.178. The molecular formula is C14H21N3O4S. The van der Waals surface area contributed by atoms with Crippen LogP contribution in [0.3, 0.4) is 0 Å². The molecule has 4 N–H and O–H groups in total. The molecule has 1 unspecified atom stereocenters. The van der Waals surface area contributed by atoms with Crippen LogP contribution >= 0.6 is 11.3 Å². The second kappa shape index (κ2) is 8.50. The molecule has 0 aliphatic rings. The molecule has 2 atom stereocenters. The minimum absolute atomic E-state index is 0.0306. The summed E-state index contributed by atoms with van der Waals surface area (Å²) in [7, 11) is 1.25. The Morgan fingerprint density at radius 2 is 2.05 bits per heavy atom. The van der Waals surface area contributed by atoms with Gasteiger partial charge in [0.15, 0.2) is 6.04 Å². The largest absolute Gasteiger partial charge is 0.467 e. The highest BCUT2D eigenvalue weighted by Gasteiger charge is 2.25. The SMILES string of the molecule is COC(=O)C(NC(=O)CNC(=O)[C@@H](N)C(C)C)c1cccs1. The summed E-state index contributed by atoms with van der Waals surface area (Å²) >= 11 is 1.33. The lowest BCUT2D eigenvalue weighted by molar-refractivity contribution is -0.145. The van der Waals surface area contributed by atoms with E-state index in [-0.39, 0.29) is 12.5 Å². The molecule has 1 heterocycles. The third-order valence-corrected chi connectivity index (χ3v) is 3.95. The third kappa shape index (κ3) is 5.12. The van der Waals surface area contributed by atoms with Gasteiger partial charge in [0.1, 0.15) is 0 Å². The monoisotopic (exact) mass is 327 g/mol. The summed E-state index contributed by atoms with van der Waals surface area (Å²) in [5.41, 5.74) is 5.68. The number of carbonyl (C=O) groups excluding carboxylic acids is 3. The molecule has 0 fully saturated rings. The van der Waals surface area contributed by atoms with E-state index in [1.165, 1.54) is 18.4 Å². The van der Waals surface area contributed by atoms with Gasteiger partial charge >= 0.3 is 5.97 Å². The maximum atomic E-state index is 11.9. The Morgan fingerprint density at radius 3 is 2.55 bits per heavy atom. The van der Waals surface area contributed by atoms with Crippen molar-refractivity contribution in [3.05, 3.63) is 22.4 Å². The highest BCUT2D eigenvalue weighted by Crippen LogP contribution is 2.19. The van der Waals surface area contributed by atoms with Crippen molar-refractivity contribution < 1.29 is 19.1 Å². The van der Waals surface area contributed by atoms with E-state index < -0.39 is 29.9 Å². The van der Waals surface area contributed by atoms with Crippen LogP contribution in [0.15, 0.2) is 17.5 Å². The van der Waals surface area contributed by atoms with Crippen molar-refractivity contribution in [1.29, 1.82) is 0 Å². The highest BCUT2D eigenvalue weighted by atomic mass is 32.1. The number of amides is 2. The zero-order valence-corrected chi connectivity index (χ0v) is 13.6. The molecule has 22 heavy (non-hydrogen) atoms. The second-order valence-corrected chi connectivity index (χ2v) is 6.01. The van der Waals surface area contributed by atoms with Gasteiger partial charge in [0.2, 0.25) is 11.8 Å². The number of rotatable bonds is 7. The van der Waals surface area contributed by atoms with Gasteiger partial charge in [0, 0.05) is 4.88 Å². The summed E-state index contributed by atoms with van der Waals surface area (Å²) in [5.74, 6) is -1.50. The van der Waals surface area contributed by atoms with Gasteiger partial charge in [-0.25, -0.2) is 4.79 Å². The highest BCUT2D eigenvalue weighted by molar-refractivity contribution is 7.10. The molecule has 1 rings (SSSR count). The zero-order chi connectivity index (χ0) is 16.7. The Bertz CT molecular complexity index is 516. The van der Waals surface area contributed by atoms with Gasteiger partial charge in [-0.2, -0.15) is 0 Å². The lowest BCUT2D eigenvalue weighted by Gasteiger charge is -2.17. The molecule has 0 aromatic carbocycles. The summed E-state index contributed by atoms with van der Waals surface area (Å²) in [6.45, 7) is 3.38. The lowest BCUT2D eigenvalue weighted by Crippen LogP contribution is -2.48. The molecule has 0 saturated carbocycles. The van der Waals surface area contributed by atoms with Crippen molar-refractivity contribution in [2.45, 2.75) is 25.9 Å². The molecular weight excluding hydrogens is 306 g/mol. The van der Waals surface area contributed by atoms with Crippen molar-refractivity contribution in [3.8, 4) is 0 Å². The minimum atomic E-state index is -0.881. The predicted molar refractivity (Wildman–Crippen MR) is 83.0 cm³/mol. The number of thiophene rings is 1. The van der Waals surface area contributed by atoms with Gasteiger partial charge in [-0.1, -0.05) is 19.9 Å². The fourth-order valence-electron chi connectivity index (χ4n) is 1.62. The number of carbonyl (C=O) groups is 3. The first-order valence-corrected chi connectivity index (χ1v) is 7.68. The van der Waals surface area contributed by atoms with E-state index >= 15 is 0 Å². The Kier molecular flexibility index (Phi) is 7.00. The number of hydrogen-bond acceptors (Lipinski definition) is 6. The van der Waals surface area contributed by atoms with Crippen LogP contribution in [0.1, 0.15) is 24.8 Å². The molecule has 1 aromatic heterocycles. The van der Waals surface area contributed by atoms with Crippen LogP contribution in [-0.2, 0) is 19.1 Å². The molecule has 2 amide bonds. The Hall–Kier alpha value is -1.93. The van der Waals surface area contributed by atoms with E-state index in [4.69, 9.17) is 5.73 Å². The molecule has 8 heteroatoms. The molecule has 0 spiro atoms. The van der Waals surface area contributed by atoms with Crippen molar-refractivity contribution in [2.75, 3.05) is 13.7 Å². The fraction of sp³-hybridized carbons (Fsp3) is 0.500. The quantitative estimate of drug-likeness (QED) is 0.619. The lowest BCUT2D eigenvalue weighted by atomic mass is 10.1. The Labute approximate surface area is 133 Å². The zero-order valence-electron chi connectivity index (χ0n) is 12.8. The van der Waals surface area contributed by atoms with Crippen LogP contribution in [0, 0.1) is 5.92 Å². The van der Waals surface area contributed by atoms with E-state index in [1.807, 2.05) is 13.8 Å². The van der Waals surface area contributed by atoms with E-state index in [2.05, 4.69) is 15.4 Å². The van der Waals surface area contributed by atoms with E-state index in [1.54, 1.807) is 17.5 Å². The summed E-state index contributed by atoms with van der Waals surface area (Å²) in [4.78, 5) is 36.0. The maximum Gasteiger partial charge on any atom is 0.333 e. The van der Waals surface area contributed by atoms with Crippen molar-refractivity contribution in [2.24, 2.45) is 11.7 Å². The Balaban J connectivity index is 2.58. The summed E-state index contributed by atoms with van der Waals surface area (Å²) in [5, 5.41) is 6.77. The van der Waals surface area contributed by atoms with Crippen LogP contribution < -0.4 is 16.4 Å². The van der Waals surface area contributed by atoms with Gasteiger partial charge in [0.25, 0.3) is 0 Å². The third-order valence-electron chi connectivity index (χ3n) is 3.01. The fourth-order valence-corrected chi connectivity index (χ4v) is 2.38. The van der Waals surface area contributed by atoms with Crippen LogP contribution in [-0.4, -0.2) is 37.5 Å². The summed E-state index contributed by atoms with van der Waals surface area (Å²) < 4.78 is 4.68. The first-order valence-electron chi connectivity index (χ1n) is 6.80. The molecule has 122 valence electrons. The first-order chi connectivity index (χ1) is 10.4. The van der Waals surface area contributed by atoms with Gasteiger partial charge < -0.3 is 21.1 Å². The molecule has 0 aliphatic carbocycles.